The maximum Gasteiger partial charge on any atom is 0.249 e. The zero-order chi connectivity index (χ0) is 40.5. The third kappa shape index (κ3) is 24.9. The second-order valence-corrected chi connectivity index (χ2v) is 15.8. The molecule has 1 rings (SSSR count). The number of ether oxygens (including phenoxy) is 2. The topological polar surface area (TPSA) is 189 Å². The number of aliphatic hydroxyl groups is 7. The highest BCUT2D eigenvalue weighted by Gasteiger charge is 2.44. The van der Waals surface area contributed by atoms with Gasteiger partial charge in [-0.1, -0.05) is 160 Å². The predicted molar refractivity (Wildman–Crippen MR) is 219 cm³/mol. The lowest BCUT2D eigenvalue weighted by molar-refractivity contribution is -0.303. The molecular weight excluding hydrogens is 702 g/mol. The second kappa shape index (κ2) is 34.6. The van der Waals surface area contributed by atoms with Crippen LogP contribution < -0.4 is 5.32 Å². The standard InChI is InChI=1S/C44H83NO10/c1-3-5-7-9-10-11-12-13-14-15-16-17-18-19-20-21-22-23-24-25-26-27-28-30-32-37(48)43(53)45-35(39(49)36(47)31-29-8-6-4-2)34-54-44-42(52)41(51)40(50)38(33-46)55-44/h16-17,19-20,35-42,44,46-52H,3-15,18,21-34H2,1-2H3,(H,45,53)/b17-16-,20-19-. The van der Waals surface area contributed by atoms with Crippen LogP contribution in [-0.2, 0) is 14.3 Å². The van der Waals surface area contributed by atoms with Gasteiger partial charge < -0.3 is 50.5 Å². The lowest BCUT2D eigenvalue weighted by Gasteiger charge is -2.40. The van der Waals surface area contributed by atoms with Crippen LogP contribution in [0.15, 0.2) is 24.3 Å². The number of hydrogen-bond donors (Lipinski definition) is 8. The lowest BCUT2D eigenvalue weighted by atomic mass is 9.98. The average molecular weight is 786 g/mol. The van der Waals surface area contributed by atoms with Gasteiger partial charge in [0.1, 0.15) is 36.6 Å². The van der Waals surface area contributed by atoms with Gasteiger partial charge in [0.2, 0.25) is 5.91 Å². The normalized spacial score (nSPS) is 22.7. The molecular formula is C44H83NO10. The Labute approximate surface area is 334 Å². The van der Waals surface area contributed by atoms with Crippen molar-refractivity contribution in [2.24, 2.45) is 0 Å². The van der Waals surface area contributed by atoms with E-state index in [9.17, 15) is 40.5 Å². The Morgan fingerprint density at radius 2 is 1.11 bits per heavy atom. The van der Waals surface area contributed by atoms with E-state index in [1.165, 1.54) is 89.9 Å². The van der Waals surface area contributed by atoms with Gasteiger partial charge in [0, 0.05) is 0 Å². The first-order valence-corrected chi connectivity index (χ1v) is 22.2. The molecule has 0 aliphatic carbocycles. The molecule has 0 aromatic rings. The maximum atomic E-state index is 12.9. The largest absolute Gasteiger partial charge is 0.394 e. The molecule has 0 radical (unpaired) electrons. The van der Waals surface area contributed by atoms with Crippen molar-refractivity contribution >= 4 is 5.91 Å². The van der Waals surface area contributed by atoms with E-state index in [1.807, 2.05) is 0 Å². The van der Waals surface area contributed by atoms with Crippen LogP contribution in [0.25, 0.3) is 0 Å². The van der Waals surface area contributed by atoms with Gasteiger partial charge in [-0.25, -0.2) is 0 Å². The van der Waals surface area contributed by atoms with Gasteiger partial charge in [-0.05, 0) is 44.9 Å². The third-order valence-electron chi connectivity index (χ3n) is 10.8. The summed E-state index contributed by atoms with van der Waals surface area (Å²) < 4.78 is 11.0. The molecule has 1 aliphatic rings. The number of amides is 1. The average Bonchev–Trinajstić information content (AvgIpc) is 3.18. The van der Waals surface area contributed by atoms with Crippen LogP contribution in [0.2, 0.25) is 0 Å². The smallest absolute Gasteiger partial charge is 0.249 e. The highest BCUT2D eigenvalue weighted by atomic mass is 16.7. The molecule has 1 amide bonds. The van der Waals surface area contributed by atoms with E-state index >= 15 is 0 Å². The summed E-state index contributed by atoms with van der Waals surface area (Å²) in [5, 5.41) is 74.8. The number of nitrogens with one attached hydrogen (secondary N) is 1. The number of rotatable bonds is 36. The molecule has 1 aliphatic heterocycles. The summed E-state index contributed by atoms with van der Waals surface area (Å²) in [4.78, 5) is 12.9. The summed E-state index contributed by atoms with van der Waals surface area (Å²) in [6, 6.07) is -1.16. The van der Waals surface area contributed by atoms with E-state index in [1.54, 1.807) is 0 Å². The number of carbonyl (C=O) groups is 1. The molecule has 11 nitrogen and oxygen atoms in total. The van der Waals surface area contributed by atoms with Crippen LogP contribution >= 0.6 is 0 Å². The molecule has 1 heterocycles. The fourth-order valence-corrected chi connectivity index (χ4v) is 7.00. The number of allylic oxidation sites excluding steroid dienone is 4. The Morgan fingerprint density at radius 1 is 0.636 bits per heavy atom. The van der Waals surface area contributed by atoms with Crippen molar-refractivity contribution in [2.75, 3.05) is 13.2 Å². The summed E-state index contributed by atoms with van der Waals surface area (Å²) in [5.41, 5.74) is 0. The fourth-order valence-electron chi connectivity index (χ4n) is 7.00. The first kappa shape index (κ1) is 51.6. The first-order valence-electron chi connectivity index (χ1n) is 22.2. The number of carbonyl (C=O) groups excluding carboxylic acids is 1. The van der Waals surface area contributed by atoms with Crippen LogP contribution in [-0.4, -0.2) is 110 Å². The third-order valence-corrected chi connectivity index (χ3v) is 10.8. The van der Waals surface area contributed by atoms with Crippen LogP contribution in [0.1, 0.15) is 181 Å². The Bertz CT molecular complexity index is 950. The van der Waals surface area contributed by atoms with Gasteiger partial charge in [-0.15, -0.1) is 0 Å². The molecule has 324 valence electrons. The molecule has 1 saturated heterocycles. The molecule has 11 heteroatoms. The fraction of sp³-hybridized carbons (Fsp3) is 0.886. The molecule has 0 bridgehead atoms. The number of hydrogen-bond acceptors (Lipinski definition) is 10. The van der Waals surface area contributed by atoms with Crippen molar-refractivity contribution in [2.45, 2.75) is 236 Å². The quantitative estimate of drug-likeness (QED) is 0.0252. The Balaban J connectivity index is 2.26. The van der Waals surface area contributed by atoms with Crippen molar-refractivity contribution in [3.05, 3.63) is 24.3 Å². The minimum atomic E-state index is -1.66. The first-order chi connectivity index (χ1) is 26.7. The van der Waals surface area contributed by atoms with Gasteiger partial charge in [0.05, 0.1) is 25.4 Å². The van der Waals surface area contributed by atoms with E-state index in [0.29, 0.717) is 19.3 Å². The number of unbranched alkanes of at least 4 members (excludes halogenated alkanes) is 20. The second-order valence-electron chi connectivity index (χ2n) is 15.8. The van der Waals surface area contributed by atoms with Crippen LogP contribution in [0, 0.1) is 0 Å². The van der Waals surface area contributed by atoms with Crippen LogP contribution in [0.3, 0.4) is 0 Å². The monoisotopic (exact) mass is 786 g/mol. The molecule has 0 spiro atoms. The highest BCUT2D eigenvalue weighted by molar-refractivity contribution is 5.80. The molecule has 1 fully saturated rings. The zero-order valence-corrected chi connectivity index (χ0v) is 34.7. The summed E-state index contributed by atoms with van der Waals surface area (Å²) in [5.74, 6) is -0.709. The van der Waals surface area contributed by atoms with Gasteiger partial charge in [0.25, 0.3) is 0 Å². The highest BCUT2D eigenvalue weighted by Crippen LogP contribution is 2.23. The predicted octanol–water partition coefficient (Wildman–Crippen LogP) is 6.67. The SMILES string of the molecule is CCCCCCCCCCC/C=C\C/C=C\CCCCCCCCCCC(O)C(=O)NC(COC1OC(CO)C(O)C(O)C1O)C(O)C(O)CCCCCC. The van der Waals surface area contributed by atoms with Crippen LogP contribution in [0.5, 0.6) is 0 Å². The van der Waals surface area contributed by atoms with Crippen molar-refractivity contribution in [3.63, 3.8) is 0 Å². The van der Waals surface area contributed by atoms with Gasteiger partial charge >= 0.3 is 0 Å². The zero-order valence-electron chi connectivity index (χ0n) is 34.7. The van der Waals surface area contributed by atoms with E-state index < -0.39 is 74.2 Å². The van der Waals surface area contributed by atoms with E-state index in [0.717, 1.165) is 51.4 Å². The van der Waals surface area contributed by atoms with Gasteiger partial charge in [-0.2, -0.15) is 0 Å². The maximum absolute atomic E-state index is 12.9. The van der Waals surface area contributed by atoms with Crippen molar-refractivity contribution in [3.8, 4) is 0 Å². The summed E-state index contributed by atoms with van der Waals surface area (Å²) in [6.45, 7) is 3.27. The van der Waals surface area contributed by atoms with E-state index in [-0.39, 0.29) is 6.42 Å². The summed E-state index contributed by atoms with van der Waals surface area (Å²) >= 11 is 0. The van der Waals surface area contributed by atoms with Crippen molar-refractivity contribution in [1.82, 2.24) is 5.32 Å². The Morgan fingerprint density at radius 3 is 1.64 bits per heavy atom. The number of aliphatic hydroxyl groups excluding tert-OH is 7. The van der Waals surface area contributed by atoms with E-state index in [4.69, 9.17) is 9.47 Å². The Kier molecular flexibility index (Phi) is 32.5. The van der Waals surface area contributed by atoms with Crippen LogP contribution in [0.4, 0.5) is 0 Å². The molecule has 0 aromatic heterocycles. The minimum Gasteiger partial charge on any atom is -0.394 e. The molecule has 9 atom stereocenters. The van der Waals surface area contributed by atoms with Gasteiger partial charge in [0.15, 0.2) is 6.29 Å². The molecule has 55 heavy (non-hydrogen) atoms. The van der Waals surface area contributed by atoms with Crippen molar-refractivity contribution < 1.29 is 50.0 Å². The lowest BCUT2D eigenvalue weighted by Crippen LogP contribution is -2.60. The summed E-state index contributed by atoms with van der Waals surface area (Å²) in [6.07, 6.45) is 26.1. The summed E-state index contributed by atoms with van der Waals surface area (Å²) in [7, 11) is 0. The molecule has 9 unspecified atom stereocenters. The molecule has 0 aromatic carbocycles. The molecule has 0 saturated carbocycles. The Hall–Kier alpha value is -1.41. The minimum absolute atomic E-state index is 0.253. The van der Waals surface area contributed by atoms with E-state index in [2.05, 4.69) is 43.5 Å². The molecule has 8 N–H and O–H groups in total. The van der Waals surface area contributed by atoms with Gasteiger partial charge in [-0.3, -0.25) is 4.79 Å². The van der Waals surface area contributed by atoms with Crippen molar-refractivity contribution in [1.29, 1.82) is 0 Å².